The number of unbranched alkanes of at least 4 members (excludes halogenated alkanes) is 3. The van der Waals surface area contributed by atoms with Gasteiger partial charge in [0.1, 0.15) is 24.8 Å². The SMILES string of the molecule is CCCCOP([O-])[O-].CCCCc1[nH]cc[n+]1CC.CCCCc1[nH]cc[n+]1CC. The average molecular weight is 443 g/mol. The smallest absolute Gasteiger partial charge is 0.254 e. The number of rotatable bonds is 12. The van der Waals surface area contributed by atoms with Crippen LogP contribution in [0, 0.1) is 0 Å². The summed E-state index contributed by atoms with van der Waals surface area (Å²) in [6.07, 6.45) is 17.4. The molecule has 0 saturated carbocycles. The highest BCUT2D eigenvalue weighted by Gasteiger charge is 2.07. The Kier molecular flexibility index (Phi) is 18.8. The standard InChI is InChI=1S/2C9H16N2.C4H9O3P/c2*1-3-5-6-9-10-7-8-11(9)4-2;1-2-3-4-7-8(5)6/h2*7-8H,3-6H2,1-2H3;2-4H2,1H3/q;;-2/p+2. The number of aromatic amines is 2. The molecule has 0 aromatic carbocycles. The number of aryl methyl sites for hydroxylation is 4. The zero-order valence-electron chi connectivity index (χ0n) is 19.7. The topological polar surface area (TPSA) is 94.7 Å². The van der Waals surface area contributed by atoms with Crippen molar-refractivity contribution >= 4 is 8.60 Å². The molecule has 0 atom stereocenters. The van der Waals surface area contributed by atoms with Gasteiger partial charge in [-0.1, -0.05) is 40.0 Å². The Morgan fingerprint density at radius 2 is 1.20 bits per heavy atom. The molecule has 0 aliphatic rings. The lowest BCUT2D eigenvalue weighted by atomic mass is 10.2. The Hall–Kier alpha value is -1.27. The quantitative estimate of drug-likeness (QED) is 0.300. The van der Waals surface area contributed by atoms with E-state index in [0.717, 1.165) is 25.9 Å². The molecule has 0 spiro atoms. The van der Waals surface area contributed by atoms with Gasteiger partial charge < -0.3 is 14.3 Å². The van der Waals surface area contributed by atoms with Crippen LogP contribution >= 0.6 is 8.60 Å². The summed E-state index contributed by atoms with van der Waals surface area (Å²) in [7, 11) is -2.61. The van der Waals surface area contributed by atoms with Crippen LogP contribution in [0.5, 0.6) is 0 Å². The van der Waals surface area contributed by atoms with Crippen molar-refractivity contribution in [2.24, 2.45) is 0 Å². The molecule has 0 unspecified atom stereocenters. The molecule has 0 bridgehead atoms. The lowest BCUT2D eigenvalue weighted by Gasteiger charge is -2.28. The molecular weight excluding hydrogens is 399 g/mol. The molecule has 2 rings (SSSR count). The van der Waals surface area contributed by atoms with Crippen molar-refractivity contribution in [3.63, 3.8) is 0 Å². The van der Waals surface area contributed by atoms with E-state index in [1.165, 1.54) is 50.2 Å². The molecule has 0 radical (unpaired) electrons. The Balaban J connectivity index is 0.000000428. The van der Waals surface area contributed by atoms with Crippen LogP contribution in [0.2, 0.25) is 0 Å². The van der Waals surface area contributed by atoms with Gasteiger partial charge in [0.25, 0.3) is 11.6 Å². The molecule has 0 amide bonds. The van der Waals surface area contributed by atoms with Gasteiger partial charge in [-0.25, -0.2) is 19.1 Å². The molecule has 2 N–H and O–H groups in total. The largest absolute Gasteiger partial charge is 0.820 e. The predicted octanol–water partition coefficient (Wildman–Crippen LogP) is 3.08. The van der Waals surface area contributed by atoms with Gasteiger partial charge in [-0.15, -0.1) is 0 Å². The first kappa shape index (κ1) is 28.7. The predicted molar refractivity (Wildman–Crippen MR) is 118 cm³/mol. The normalized spacial score (nSPS) is 10.4. The second-order valence-corrected chi connectivity index (χ2v) is 7.71. The second-order valence-electron chi connectivity index (χ2n) is 7.00. The average Bonchev–Trinajstić information content (AvgIpc) is 3.40. The lowest BCUT2D eigenvalue weighted by Crippen LogP contribution is -2.34. The molecule has 2 aromatic rings. The Morgan fingerprint density at radius 1 is 0.767 bits per heavy atom. The van der Waals surface area contributed by atoms with Crippen molar-refractivity contribution in [2.45, 2.75) is 99.1 Å². The molecule has 8 heteroatoms. The fourth-order valence-corrected chi connectivity index (χ4v) is 3.07. The van der Waals surface area contributed by atoms with Gasteiger partial charge in [-0.2, -0.15) is 8.60 Å². The van der Waals surface area contributed by atoms with Gasteiger partial charge in [-0.05, 0) is 33.1 Å². The molecule has 30 heavy (non-hydrogen) atoms. The fourth-order valence-electron chi connectivity index (χ4n) is 2.79. The molecule has 2 heterocycles. The number of imidazole rings is 2. The van der Waals surface area contributed by atoms with E-state index in [4.69, 9.17) is 0 Å². The number of H-pyrrole nitrogens is 2. The summed E-state index contributed by atoms with van der Waals surface area (Å²) >= 11 is 0. The van der Waals surface area contributed by atoms with Gasteiger partial charge in [0.05, 0.1) is 13.1 Å². The van der Waals surface area contributed by atoms with E-state index < -0.39 is 8.60 Å². The summed E-state index contributed by atoms with van der Waals surface area (Å²) in [6, 6.07) is 0. The van der Waals surface area contributed by atoms with Gasteiger partial charge >= 0.3 is 0 Å². The maximum absolute atomic E-state index is 9.69. The minimum absolute atomic E-state index is 0.329. The van der Waals surface area contributed by atoms with Crippen LogP contribution in [0.3, 0.4) is 0 Å². The van der Waals surface area contributed by atoms with Crippen LogP contribution in [-0.4, -0.2) is 16.6 Å². The van der Waals surface area contributed by atoms with E-state index >= 15 is 0 Å². The van der Waals surface area contributed by atoms with E-state index in [1.807, 2.05) is 19.3 Å². The van der Waals surface area contributed by atoms with Crippen molar-refractivity contribution in [1.29, 1.82) is 0 Å². The van der Waals surface area contributed by atoms with Crippen LogP contribution in [0.15, 0.2) is 24.8 Å². The molecule has 0 aliphatic carbocycles. The van der Waals surface area contributed by atoms with Crippen LogP contribution < -0.4 is 18.9 Å². The van der Waals surface area contributed by atoms with Crippen molar-refractivity contribution < 1.29 is 23.4 Å². The third kappa shape index (κ3) is 13.9. The number of hydrogen-bond acceptors (Lipinski definition) is 3. The summed E-state index contributed by atoms with van der Waals surface area (Å²) in [5, 5.41) is 0. The summed E-state index contributed by atoms with van der Waals surface area (Å²) in [6.45, 7) is 13.2. The molecular formula is C22H43N4O3P. The maximum Gasteiger partial charge on any atom is 0.254 e. The molecule has 0 saturated heterocycles. The van der Waals surface area contributed by atoms with E-state index in [1.54, 1.807) is 0 Å². The van der Waals surface area contributed by atoms with Crippen molar-refractivity contribution in [3.05, 3.63) is 36.4 Å². The molecule has 7 nitrogen and oxygen atoms in total. The van der Waals surface area contributed by atoms with Gasteiger partial charge in [0.15, 0.2) is 0 Å². The Morgan fingerprint density at radius 3 is 1.53 bits per heavy atom. The lowest BCUT2D eigenvalue weighted by molar-refractivity contribution is -0.699. The Labute approximate surface area is 184 Å². The maximum atomic E-state index is 9.69. The summed E-state index contributed by atoms with van der Waals surface area (Å²) in [5.41, 5.74) is 0. The zero-order chi connectivity index (χ0) is 22.6. The summed E-state index contributed by atoms with van der Waals surface area (Å²) in [5.74, 6) is 2.71. The highest BCUT2D eigenvalue weighted by Crippen LogP contribution is 2.12. The van der Waals surface area contributed by atoms with Gasteiger partial charge in [0, 0.05) is 19.4 Å². The third-order valence-electron chi connectivity index (χ3n) is 4.61. The summed E-state index contributed by atoms with van der Waals surface area (Å²) in [4.78, 5) is 25.9. The Bertz CT molecular complexity index is 571. The van der Waals surface area contributed by atoms with Crippen LogP contribution in [0.25, 0.3) is 0 Å². The van der Waals surface area contributed by atoms with Crippen LogP contribution in [0.4, 0.5) is 0 Å². The summed E-state index contributed by atoms with van der Waals surface area (Å²) < 4.78 is 8.76. The van der Waals surface area contributed by atoms with Crippen LogP contribution in [-0.2, 0) is 30.5 Å². The first-order valence-electron chi connectivity index (χ1n) is 11.4. The highest BCUT2D eigenvalue weighted by molar-refractivity contribution is 7.36. The molecule has 2 aromatic heterocycles. The number of hydrogen-bond donors (Lipinski definition) is 2. The minimum atomic E-state index is -2.61. The first-order valence-corrected chi connectivity index (χ1v) is 12.5. The number of aromatic nitrogens is 4. The van der Waals surface area contributed by atoms with Crippen molar-refractivity contribution in [1.82, 2.24) is 9.97 Å². The van der Waals surface area contributed by atoms with Gasteiger partial charge in [0.2, 0.25) is 0 Å². The first-order chi connectivity index (χ1) is 14.5. The zero-order valence-corrected chi connectivity index (χ0v) is 20.5. The number of nitrogens with zero attached hydrogens (tertiary/aromatic N) is 2. The van der Waals surface area contributed by atoms with Crippen LogP contribution in [0.1, 0.15) is 84.8 Å². The third-order valence-corrected chi connectivity index (χ3v) is 5.01. The van der Waals surface area contributed by atoms with E-state index in [9.17, 15) is 9.79 Å². The van der Waals surface area contributed by atoms with E-state index in [0.29, 0.717) is 6.61 Å². The fraction of sp³-hybridized carbons (Fsp3) is 0.727. The van der Waals surface area contributed by atoms with E-state index in [-0.39, 0.29) is 0 Å². The second kappa shape index (κ2) is 19.7. The number of nitrogens with one attached hydrogen (secondary N) is 2. The van der Waals surface area contributed by atoms with Gasteiger partial charge in [-0.3, -0.25) is 0 Å². The van der Waals surface area contributed by atoms with Crippen molar-refractivity contribution in [2.75, 3.05) is 6.61 Å². The minimum Gasteiger partial charge on any atom is -0.820 e. The molecule has 0 aliphatic heterocycles. The molecule has 174 valence electrons. The monoisotopic (exact) mass is 442 g/mol. The highest BCUT2D eigenvalue weighted by atomic mass is 31.2. The van der Waals surface area contributed by atoms with E-state index in [2.05, 4.69) is 63.7 Å². The van der Waals surface area contributed by atoms with Crippen molar-refractivity contribution in [3.8, 4) is 0 Å². The molecule has 0 fully saturated rings.